The number of hydrogen-bond donors (Lipinski definition) is 2. The first-order chi connectivity index (χ1) is 11.1. The zero-order valence-corrected chi connectivity index (χ0v) is 13.9. The van der Waals surface area contributed by atoms with Gasteiger partial charge in [-0.2, -0.15) is 5.10 Å². The minimum atomic E-state index is -0.00242. The van der Waals surface area contributed by atoms with Crippen molar-refractivity contribution < 1.29 is 9.69 Å². The Morgan fingerprint density at radius 1 is 1.48 bits per heavy atom. The van der Waals surface area contributed by atoms with Crippen LogP contribution in [-0.4, -0.2) is 39.8 Å². The van der Waals surface area contributed by atoms with Gasteiger partial charge in [0.15, 0.2) is 6.54 Å². The Morgan fingerprint density at radius 2 is 2.35 bits per heavy atom. The van der Waals surface area contributed by atoms with Crippen molar-refractivity contribution in [2.75, 3.05) is 18.4 Å². The molecule has 2 N–H and O–H groups in total. The van der Waals surface area contributed by atoms with Gasteiger partial charge in [0.05, 0.1) is 24.0 Å². The van der Waals surface area contributed by atoms with Crippen molar-refractivity contribution in [3.63, 3.8) is 0 Å². The first kappa shape index (κ1) is 16.0. The number of aromatic nitrogens is 3. The van der Waals surface area contributed by atoms with Gasteiger partial charge in [0.25, 0.3) is 5.91 Å². The van der Waals surface area contributed by atoms with Crippen LogP contribution in [0, 0.1) is 0 Å². The molecule has 6 nitrogen and oxygen atoms in total. The molecule has 2 atom stereocenters. The molecule has 0 saturated carbocycles. The van der Waals surface area contributed by atoms with E-state index in [0.29, 0.717) is 23.3 Å². The Kier molecular flexibility index (Phi) is 4.93. The summed E-state index contributed by atoms with van der Waals surface area (Å²) in [6.45, 7) is 3.74. The number of rotatable bonds is 4. The molecule has 0 bridgehead atoms. The molecular formula is C16H21ClN5O+. The van der Waals surface area contributed by atoms with E-state index in [1.54, 1.807) is 23.1 Å². The molecule has 0 radical (unpaired) electrons. The van der Waals surface area contributed by atoms with E-state index in [1.807, 2.05) is 6.07 Å². The van der Waals surface area contributed by atoms with E-state index in [1.165, 1.54) is 30.5 Å². The summed E-state index contributed by atoms with van der Waals surface area (Å²) in [6.07, 6.45) is 6.69. The van der Waals surface area contributed by atoms with Crippen molar-refractivity contribution in [2.24, 2.45) is 0 Å². The van der Waals surface area contributed by atoms with Crippen LogP contribution in [0.15, 0.2) is 30.9 Å². The molecule has 122 valence electrons. The third-order valence-electron chi connectivity index (χ3n) is 4.37. The number of likely N-dealkylation sites (tertiary alicyclic amines) is 1. The molecule has 1 aromatic carbocycles. The van der Waals surface area contributed by atoms with Crippen molar-refractivity contribution >= 4 is 23.2 Å². The number of anilines is 1. The van der Waals surface area contributed by atoms with Crippen molar-refractivity contribution in [1.29, 1.82) is 0 Å². The molecule has 7 heteroatoms. The quantitative estimate of drug-likeness (QED) is 0.886. The van der Waals surface area contributed by atoms with E-state index in [4.69, 9.17) is 11.6 Å². The van der Waals surface area contributed by atoms with Crippen molar-refractivity contribution in [3.05, 3.63) is 35.9 Å². The van der Waals surface area contributed by atoms with Gasteiger partial charge in [0.2, 0.25) is 0 Å². The molecule has 1 aliphatic rings. The second-order valence-electron chi connectivity index (χ2n) is 6.03. The Hall–Kier alpha value is -1.92. The lowest BCUT2D eigenvalue weighted by Crippen LogP contribution is -3.17. The van der Waals surface area contributed by atoms with Crippen LogP contribution in [0.5, 0.6) is 0 Å². The van der Waals surface area contributed by atoms with Crippen LogP contribution in [0.2, 0.25) is 5.02 Å². The summed E-state index contributed by atoms with van der Waals surface area (Å²) < 4.78 is 1.61. The fourth-order valence-corrected chi connectivity index (χ4v) is 3.23. The highest BCUT2D eigenvalue weighted by Gasteiger charge is 2.24. The second-order valence-corrected chi connectivity index (χ2v) is 6.47. The van der Waals surface area contributed by atoms with E-state index in [2.05, 4.69) is 22.3 Å². The average molecular weight is 335 g/mol. The van der Waals surface area contributed by atoms with Gasteiger partial charge in [-0.05, 0) is 44.4 Å². The average Bonchev–Trinajstić information content (AvgIpc) is 3.04. The molecule has 1 aliphatic heterocycles. The molecule has 0 aliphatic carbocycles. The molecule has 1 fully saturated rings. The van der Waals surface area contributed by atoms with E-state index < -0.39 is 0 Å². The number of quaternary nitrogens is 1. The van der Waals surface area contributed by atoms with E-state index >= 15 is 0 Å². The van der Waals surface area contributed by atoms with Crippen LogP contribution in [0.1, 0.15) is 26.2 Å². The Morgan fingerprint density at radius 3 is 3.09 bits per heavy atom. The van der Waals surface area contributed by atoms with Gasteiger partial charge in [-0.15, -0.1) is 0 Å². The fourth-order valence-electron chi connectivity index (χ4n) is 3.06. The maximum Gasteiger partial charge on any atom is 0.279 e. The minimum absolute atomic E-state index is 0.00242. The number of carbonyl (C=O) groups excluding carboxylic acids is 1. The van der Waals surface area contributed by atoms with E-state index in [0.717, 1.165) is 12.2 Å². The third-order valence-corrected chi connectivity index (χ3v) is 4.60. The molecule has 1 aromatic heterocycles. The summed E-state index contributed by atoms with van der Waals surface area (Å²) in [5.41, 5.74) is 1.40. The SMILES string of the molecule is C[C@H]1CCCC[NH+]1CC(=O)Nc1cc(Cl)ccc1-n1cncn1. The third kappa shape index (κ3) is 3.89. The van der Waals surface area contributed by atoms with Crippen LogP contribution in [0.3, 0.4) is 0 Å². The lowest BCUT2D eigenvalue weighted by molar-refractivity contribution is -0.920. The molecule has 1 amide bonds. The molecule has 23 heavy (non-hydrogen) atoms. The predicted octanol–water partition coefficient (Wildman–Crippen LogP) is 1.32. The monoisotopic (exact) mass is 334 g/mol. The number of piperidine rings is 1. The first-order valence-corrected chi connectivity index (χ1v) is 8.30. The summed E-state index contributed by atoms with van der Waals surface area (Å²) in [7, 11) is 0. The zero-order valence-electron chi connectivity index (χ0n) is 13.1. The van der Waals surface area contributed by atoms with Crippen LogP contribution < -0.4 is 10.2 Å². The number of nitrogens with one attached hydrogen (secondary N) is 2. The van der Waals surface area contributed by atoms with Gasteiger partial charge in [0.1, 0.15) is 12.7 Å². The number of nitrogens with zero attached hydrogens (tertiary/aromatic N) is 3. The lowest BCUT2D eigenvalue weighted by Gasteiger charge is -2.29. The molecule has 0 spiro atoms. The topological polar surface area (TPSA) is 64.2 Å². The Balaban J connectivity index is 1.74. The number of carbonyl (C=O) groups is 1. The Labute approximate surface area is 140 Å². The molecular weight excluding hydrogens is 314 g/mol. The minimum Gasteiger partial charge on any atom is -0.325 e. The number of halogens is 1. The van der Waals surface area contributed by atoms with Crippen LogP contribution >= 0.6 is 11.6 Å². The first-order valence-electron chi connectivity index (χ1n) is 7.92. The van der Waals surface area contributed by atoms with Crippen LogP contribution in [0.25, 0.3) is 5.69 Å². The second kappa shape index (κ2) is 7.10. The molecule has 1 saturated heterocycles. The largest absolute Gasteiger partial charge is 0.325 e. The fraction of sp³-hybridized carbons (Fsp3) is 0.438. The van der Waals surface area contributed by atoms with Crippen molar-refractivity contribution in [3.8, 4) is 5.69 Å². The van der Waals surface area contributed by atoms with Gasteiger partial charge in [-0.1, -0.05) is 11.6 Å². The summed E-state index contributed by atoms with van der Waals surface area (Å²) >= 11 is 6.07. The normalized spacial score (nSPS) is 21.1. The van der Waals surface area contributed by atoms with Gasteiger partial charge in [-0.25, -0.2) is 9.67 Å². The summed E-state index contributed by atoms with van der Waals surface area (Å²) in [6, 6.07) is 5.87. The van der Waals surface area contributed by atoms with Gasteiger partial charge < -0.3 is 10.2 Å². The molecule has 2 aromatic rings. The maximum atomic E-state index is 12.4. The standard InChI is InChI=1S/C16H20ClN5O/c1-12-4-2-3-7-21(12)9-16(23)20-14-8-13(17)5-6-15(14)22-11-18-10-19-22/h5-6,8,10-12H,2-4,7,9H2,1H3,(H,20,23)/p+1/t12-/m0/s1. The summed E-state index contributed by atoms with van der Waals surface area (Å²) in [4.78, 5) is 17.7. The predicted molar refractivity (Wildman–Crippen MR) is 89.0 cm³/mol. The molecule has 1 unspecified atom stereocenters. The van der Waals surface area contributed by atoms with Crippen molar-refractivity contribution in [2.45, 2.75) is 32.2 Å². The number of amides is 1. The Bertz CT molecular complexity index is 673. The highest BCUT2D eigenvalue weighted by molar-refractivity contribution is 6.31. The van der Waals surface area contributed by atoms with Crippen molar-refractivity contribution in [1.82, 2.24) is 14.8 Å². The molecule has 2 heterocycles. The van der Waals surface area contributed by atoms with E-state index in [9.17, 15) is 4.79 Å². The highest BCUT2D eigenvalue weighted by Crippen LogP contribution is 2.23. The van der Waals surface area contributed by atoms with Gasteiger partial charge in [-0.3, -0.25) is 4.79 Å². The maximum absolute atomic E-state index is 12.4. The molecule has 3 rings (SSSR count). The van der Waals surface area contributed by atoms with Crippen LogP contribution in [-0.2, 0) is 4.79 Å². The summed E-state index contributed by atoms with van der Waals surface area (Å²) in [5.74, 6) is -0.00242. The summed E-state index contributed by atoms with van der Waals surface area (Å²) in [5, 5.41) is 7.66. The highest BCUT2D eigenvalue weighted by atomic mass is 35.5. The van der Waals surface area contributed by atoms with Gasteiger partial charge >= 0.3 is 0 Å². The van der Waals surface area contributed by atoms with Gasteiger partial charge in [0, 0.05) is 5.02 Å². The number of hydrogen-bond acceptors (Lipinski definition) is 3. The van der Waals surface area contributed by atoms with E-state index in [-0.39, 0.29) is 5.91 Å². The zero-order chi connectivity index (χ0) is 16.2. The smallest absolute Gasteiger partial charge is 0.279 e. The number of benzene rings is 1. The lowest BCUT2D eigenvalue weighted by atomic mass is 10.0. The van der Waals surface area contributed by atoms with Crippen LogP contribution in [0.4, 0.5) is 5.69 Å².